The zero-order chi connectivity index (χ0) is 14.4. The van der Waals surface area contributed by atoms with Gasteiger partial charge in [0.1, 0.15) is 0 Å². The van der Waals surface area contributed by atoms with Gasteiger partial charge in [0.2, 0.25) is 0 Å². The van der Waals surface area contributed by atoms with Crippen molar-refractivity contribution in [2.45, 2.75) is 25.7 Å². The molecule has 2 aromatic heterocycles. The normalized spacial score (nSPS) is 14.6. The van der Waals surface area contributed by atoms with Crippen LogP contribution in [0, 0.1) is 10.5 Å². The lowest BCUT2D eigenvalue weighted by molar-refractivity contribution is 1.12. The average Bonchev–Trinajstić information content (AvgIpc) is 3.25. The van der Waals surface area contributed by atoms with Crippen molar-refractivity contribution in [3.63, 3.8) is 0 Å². The number of fused-ring (bicyclic) bond motifs is 1. The van der Waals surface area contributed by atoms with E-state index in [1.807, 2.05) is 18.5 Å². The molecular formula is C16H14IN3S. The molecule has 0 bridgehead atoms. The lowest BCUT2D eigenvalue weighted by Crippen LogP contribution is -1.98. The predicted octanol–water partition coefficient (Wildman–Crippen LogP) is 5.23. The van der Waals surface area contributed by atoms with E-state index in [0.29, 0.717) is 5.92 Å². The number of aryl methyl sites for hydroxylation is 1. The minimum Gasteiger partial charge on any atom is -0.339 e. The maximum absolute atomic E-state index is 4.55. The Kier molecular flexibility index (Phi) is 3.34. The number of benzene rings is 1. The minimum absolute atomic E-state index is 0.716. The van der Waals surface area contributed by atoms with Crippen molar-refractivity contribution in [2.24, 2.45) is 0 Å². The fourth-order valence-corrected chi connectivity index (χ4v) is 3.74. The number of hydrogen-bond acceptors (Lipinski definition) is 4. The van der Waals surface area contributed by atoms with Crippen LogP contribution >= 0.6 is 34.1 Å². The van der Waals surface area contributed by atoms with Gasteiger partial charge in [-0.05, 0) is 89.1 Å². The van der Waals surface area contributed by atoms with Crippen LogP contribution in [-0.4, -0.2) is 9.36 Å². The molecule has 0 saturated heterocycles. The molecule has 1 aliphatic carbocycles. The Morgan fingerprint density at radius 3 is 3.00 bits per heavy atom. The Balaban J connectivity index is 1.78. The zero-order valence-electron chi connectivity index (χ0n) is 11.6. The molecule has 1 N–H and O–H groups in total. The van der Waals surface area contributed by atoms with Crippen LogP contribution < -0.4 is 5.32 Å². The monoisotopic (exact) mass is 407 g/mol. The summed E-state index contributed by atoms with van der Waals surface area (Å²) in [6.07, 6.45) is 6.30. The maximum atomic E-state index is 4.55. The highest BCUT2D eigenvalue weighted by Gasteiger charge is 2.27. The third-order valence-electron chi connectivity index (χ3n) is 3.88. The SMILES string of the molecule is Cc1cc(Nc2nsc3cnccc23)c(C2CC2)cc1I. The Labute approximate surface area is 141 Å². The van der Waals surface area contributed by atoms with Crippen LogP contribution in [0.1, 0.15) is 29.9 Å². The number of nitrogens with zero attached hydrogens (tertiary/aromatic N) is 2. The Bertz CT molecular complexity index is 824. The molecule has 0 unspecified atom stereocenters. The number of nitrogens with one attached hydrogen (secondary N) is 1. The van der Waals surface area contributed by atoms with E-state index in [4.69, 9.17) is 0 Å². The topological polar surface area (TPSA) is 37.8 Å². The first-order valence-corrected chi connectivity index (χ1v) is 8.84. The molecule has 21 heavy (non-hydrogen) atoms. The van der Waals surface area contributed by atoms with E-state index in [1.165, 1.54) is 44.8 Å². The number of aromatic nitrogens is 2. The smallest absolute Gasteiger partial charge is 0.152 e. The van der Waals surface area contributed by atoms with Crippen molar-refractivity contribution in [3.05, 3.63) is 45.3 Å². The van der Waals surface area contributed by atoms with Crippen molar-refractivity contribution in [1.29, 1.82) is 0 Å². The fourth-order valence-electron chi connectivity index (χ4n) is 2.55. The maximum Gasteiger partial charge on any atom is 0.152 e. The molecule has 0 spiro atoms. The Morgan fingerprint density at radius 2 is 2.19 bits per heavy atom. The van der Waals surface area contributed by atoms with Gasteiger partial charge in [-0.2, -0.15) is 4.37 Å². The highest BCUT2D eigenvalue weighted by molar-refractivity contribution is 14.1. The molecule has 3 aromatic rings. The molecule has 1 aliphatic rings. The summed E-state index contributed by atoms with van der Waals surface area (Å²) < 4.78 is 7.01. The molecule has 1 saturated carbocycles. The number of rotatable bonds is 3. The van der Waals surface area contributed by atoms with E-state index in [9.17, 15) is 0 Å². The molecular weight excluding hydrogens is 393 g/mol. The molecule has 0 aliphatic heterocycles. The van der Waals surface area contributed by atoms with E-state index >= 15 is 0 Å². The first-order valence-electron chi connectivity index (χ1n) is 6.99. The number of hydrogen-bond donors (Lipinski definition) is 1. The van der Waals surface area contributed by atoms with Gasteiger partial charge in [-0.25, -0.2) is 0 Å². The summed E-state index contributed by atoms with van der Waals surface area (Å²) in [7, 11) is 0. The van der Waals surface area contributed by atoms with Crippen molar-refractivity contribution >= 4 is 55.7 Å². The van der Waals surface area contributed by atoms with Gasteiger partial charge < -0.3 is 5.32 Å². The average molecular weight is 407 g/mol. The molecule has 1 aromatic carbocycles. The Hall–Kier alpha value is -1.21. The van der Waals surface area contributed by atoms with E-state index in [0.717, 1.165) is 15.9 Å². The van der Waals surface area contributed by atoms with Gasteiger partial charge in [-0.1, -0.05) is 0 Å². The van der Waals surface area contributed by atoms with E-state index in [-0.39, 0.29) is 0 Å². The molecule has 5 heteroatoms. The quantitative estimate of drug-likeness (QED) is 0.605. The minimum atomic E-state index is 0.716. The third-order valence-corrected chi connectivity index (χ3v) is 5.83. The highest BCUT2D eigenvalue weighted by atomic mass is 127. The molecule has 0 amide bonds. The lowest BCUT2D eigenvalue weighted by Gasteiger charge is -2.13. The lowest BCUT2D eigenvalue weighted by atomic mass is 10.1. The van der Waals surface area contributed by atoms with Crippen molar-refractivity contribution in [2.75, 3.05) is 5.32 Å². The first-order chi connectivity index (χ1) is 10.2. The summed E-state index contributed by atoms with van der Waals surface area (Å²) in [6, 6.07) is 6.60. The van der Waals surface area contributed by atoms with Gasteiger partial charge in [-0.15, -0.1) is 0 Å². The second-order valence-corrected chi connectivity index (χ2v) is 7.46. The first kappa shape index (κ1) is 13.5. The van der Waals surface area contributed by atoms with Crippen molar-refractivity contribution < 1.29 is 0 Å². The van der Waals surface area contributed by atoms with Crippen molar-refractivity contribution in [3.8, 4) is 0 Å². The summed E-state index contributed by atoms with van der Waals surface area (Å²) in [5.74, 6) is 1.66. The van der Waals surface area contributed by atoms with Gasteiger partial charge in [0.05, 0.1) is 4.70 Å². The molecule has 3 nitrogen and oxygen atoms in total. The van der Waals surface area contributed by atoms with Crippen LogP contribution in [0.15, 0.2) is 30.6 Å². The molecule has 106 valence electrons. The molecule has 0 radical (unpaired) electrons. The zero-order valence-corrected chi connectivity index (χ0v) is 14.5. The van der Waals surface area contributed by atoms with Gasteiger partial charge in [0.25, 0.3) is 0 Å². The molecule has 1 fully saturated rings. The van der Waals surface area contributed by atoms with E-state index in [1.54, 1.807) is 0 Å². The third kappa shape index (κ3) is 2.53. The summed E-state index contributed by atoms with van der Waals surface area (Å²) in [5, 5.41) is 4.70. The second kappa shape index (κ2) is 5.21. The number of pyridine rings is 1. The largest absolute Gasteiger partial charge is 0.339 e. The summed E-state index contributed by atoms with van der Waals surface area (Å²) in [5.41, 5.74) is 3.95. The van der Waals surface area contributed by atoms with Gasteiger partial charge in [-0.3, -0.25) is 4.98 Å². The summed E-state index contributed by atoms with van der Waals surface area (Å²) in [6.45, 7) is 2.16. The van der Waals surface area contributed by atoms with E-state index < -0.39 is 0 Å². The van der Waals surface area contributed by atoms with Crippen LogP contribution in [-0.2, 0) is 0 Å². The van der Waals surface area contributed by atoms with Crippen LogP contribution in [0.2, 0.25) is 0 Å². The number of halogens is 1. The second-order valence-electron chi connectivity index (χ2n) is 5.49. The highest BCUT2D eigenvalue weighted by Crippen LogP contribution is 2.45. The van der Waals surface area contributed by atoms with Crippen LogP contribution in [0.5, 0.6) is 0 Å². The molecule has 0 atom stereocenters. The van der Waals surface area contributed by atoms with Crippen molar-refractivity contribution in [1.82, 2.24) is 9.36 Å². The van der Waals surface area contributed by atoms with Gasteiger partial charge in [0, 0.05) is 27.0 Å². The summed E-state index contributed by atoms with van der Waals surface area (Å²) >= 11 is 3.92. The van der Waals surface area contributed by atoms with Crippen LogP contribution in [0.4, 0.5) is 11.5 Å². The van der Waals surface area contributed by atoms with Crippen LogP contribution in [0.25, 0.3) is 10.1 Å². The standard InChI is InChI=1S/C16H14IN3S/c1-9-6-14(12(7-13(9)17)10-2-3-10)19-16-11-4-5-18-8-15(11)21-20-16/h4-8,10H,2-3H2,1H3,(H,19,20). The number of anilines is 2. The molecule has 2 heterocycles. The predicted molar refractivity (Wildman–Crippen MR) is 96.6 cm³/mol. The summed E-state index contributed by atoms with van der Waals surface area (Å²) in [4.78, 5) is 4.16. The van der Waals surface area contributed by atoms with E-state index in [2.05, 4.69) is 56.3 Å². The fraction of sp³-hybridized carbons (Fsp3) is 0.250. The van der Waals surface area contributed by atoms with Crippen LogP contribution in [0.3, 0.4) is 0 Å². The van der Waals surface area contributed by atoms with Gasteiger partial charge >= 0.3 is 0 Å². The molecule has 4 rings (SSSR count). The Morgan fingerprint density at radius 1 is 1.33 bits per heavy atom. The van der Waals surface area contributed by atoms with Gasteiger partial charge in [0.15, 0.2) is 5.82 Å².